The molecule has 0 bridgehead atoms. The Morgan fingerprint density at radius 3 is 2.15 bits per heavy atom. The molecule has 0 amide bonds. The summed E-state index contributed by atoms with van der Waals surface area (Å²) in [5.74, 6) is 0. The summed E-state index contributed by atoms with van der Waals surface area (Å²) >= 11 is 0. The van der Waals surface area contributed by atoms with Gasteiger partial charge in [-0.1, -0.05) is 6.92 Å². The van der Waals surface area contributed by atoms with E-state index < -0.39 is 0 Å². The average molecular weight is 286 g/mol. The Morgan fingerprint density at radius 1 is 0.900 bits per heavy atom. The zero-order valence-electron chi connectivity index (χ0n) is 13.1. The van der Waals surface area contributed by atoms with Crippen molar-refractivity contribution in [1.82, 2.24) is 15.1 Å². The fraction of sp³-hybridized carbons (Fsp3) is 0.929. The minimum Gasteiger partial charge on any atom is -0.329 e. The second-order valence-corrected chi connectivity index (χ2v) is 5.00. The zero-order chi connectivity index (χ0) is 15.1. The van der Waals surface area contributed by atoms with Gasteiger partial charge in [-0.15, -0.1) is 0 Å². The van der Waals surface area contributed by atoms with Gasteiger partial charge < -0.3 is 32.0 Å². The summed E-state index contributed by atoms with van der Waals surface area (Å²) in [4.78, 5) is 4.83. The lowest BCUT2D eigenvalue weighted by Crippen LogP contribution is -2.41. The molecular formula is C14H34N6. The van der Waals surface area contributed by atoms with Crippen LogP contribution < -0.4 is 16.8 Å². The molecule has 0 aromatic carbocycles. The molecule has 0 aromatic heterocycles. The molecule has 6 heteroatoms. The van der Waals surface area contributed by atoms with Crippen molar-refractivity contribution >= 4 is 6.21 Å². The molecule has 0 atom stereocenters. The first-order chi connectivity index (χ1) is 9.78. The number of nitrogens with two attached hydrogens (primary N) is 2. The lowest BCUT2D eigenvalue weighted by molar-refractivity contribution is 0.209. The van der Waals surface area contributed by atoms with Crippen LogP contribution in [0.2, 0.25) is 0 Å². The highest BCUT2D eigenvalue weighted by Crippen LogP contribution is 1.95. The Hall–Kier alpha value is -0.530. The van der Waals surface area contributed by atoms with Crippen LogP contribution in [0.3, 0.4) is 0 Å². The third kappa shape index (κ3) is 11.3. The quantitative estimate of drug-likeness (QED) is 0.242. The predicted octanol–water partition coefficient (Wildman–Crippen LogP) is -0.453. The Kier molecular flexibility index (Phi) is 14.5. The molecule has 0 fully saturated rings. The molecule has 0 spiro atoms. The molecular weight excluding hydrogens is 252 g/mol. The van der Waals surface area contributed by atoms with Gasteiger partial charge in [-0.25, -0.2) is 0 Å². The minimum absolute atomic E-state index is 0.682. The van der Waals surface area contributed by atoms with Gasteiger partial charge in [0.05, 0.1) is 0 Å². The molecule has 0 aliphatic rings. The average Bonchev–Trinajstić information content (AvgIpc) is 2.45. The second-order valence-electron chi connectivity index (χ2n) is 5.00. The first-order valence-corrected chi connectivity index (χ1v) is 7.83. The van der Waals surface area contributed by atoms with Crippen molar-refractivity contribution < 1.29 is 0 Å². The highest BCUT2D eigenvalue weighted by Gasteiger charge is 2.07. The number of hydrogen-bond donors (Lipinski definition) is 4. The highest BCUT2D eigenvalue weighted by molar-refractivity contribution is 5.52. The fourth-order valence-corrected chi connectivity index (χ4v) is 2.16. The topological polar surface area (TPSA) is 94.4 Å². The van der Waals surface area contributed by atoms with E-state index in [0.29, 0.717) is 6.54 Å². The van der Waals surface area contributed by atoms with Crippen molar-refractivity contribution in [2.24, 2.45) is 11.5 Å². The first-order valence-electron chi connectivity index (χ1n) is 7.83. The first kappa shape index (κ1) is 19.5. The second kappa shape index (κ2) is 14.9. The fourth-order valence-electron chi connectivity index (χ4n) is 2.16. The van der Waals surface area contributed by atoms with E-state index in [4.69, 9.17) is 16.9 Å². The number of rotatable bonds is 15. The third-order valence-electron chi connectivity index (χ3n) is 3.23. The van der Waals surface area contributed by atoms with Gasteiger partial charge in [0.15, 0.2) is 0 Å². The van der Waals surface area contributed by atoms with Crippen LogP contribution in [0, 0.1) is 5.41 Å². The Labute approximate surface area is 124 Å². The van der Waals surface area contributed by atoms with Crippen molar-refractivity contribution in [3.05, 3.63) is 0 Å². The summed E-state index contributed by atoms with van der Waals surface area (Å²) in [6.07, 6.45) is 3.48. The van der Waals surface area contributed by atoms with E-state index in [-0.39, 0.29) is 0 Å². The van der Waals surface area contributed by atoms with Gasteiger partial charge in [0.2, 0.25) is 0 Å². The standard InChI is InChI=1S/C14H34N6/c1-2-9-19(11-6-17)13-14-20(10-3-4-15)12-8-18-7-5-16/h4,15,18H,2-3,5-14,16-17H2,1H3. The lowest BCUT2D eigenvalue weighted by Gasteiger charge is -2.27. The number of nitrogens with one attached hydrogen (secondary N) is 2. The molecule has 20 heavy (non-hydrogen) atoms. The van der Waals surface area contributed by atoms with E-state index >= 15 is 0 Å². The van der Waals surface area contributed by atoms with Gasteiger partial charge in [0.25, 0.3) is 0 Å². The summed E-state index contributed by atoms with van der Waals surface area (Å²) in [6.45, 7) is 11.6. The molecule has 0 radical (unpaired) electrons. The van der Waals surface area contributed by atoms with Crippen LogP contribution in [-0.2, 0) is 0 Å². The largest absolute Gasteiger partial charge is 0.329 e. The summed E-state index contributed by atoms with van der Waals surface area (Å²) in [7, 11) is 0. The van der Waals surface area contributed by atoms with E-state index in [1.165, 1.54) is 12.6 Å². The van der Waals surface area contributed by atoms with Crippen molar-refractivity contribution in [3.8, 4) is 0 Å². The molecule has 6 N–H and O–H groups in total. The SMILES string of the molecule is CCCN(CCN)CCN(CCC=N)CCNCCN. The minimum atomic E-state index is 0.682. The Balaban J connectivity index is 4.00. The van der Waals surface area contributed by atoms with Gasteiger partial charge in [-0.05, 0) is 25.6 Å². The lowest BCUT2D eigenvalue weighted by atomic mass is 10.3. The van der Waals surface area contributed by atoms with Crippen LogP contribution >= 0.6 is 0 Å². The van der Waals surface area contributed by atoms with E-state index in [1.54, 1.807) is 0 Å². The smallest absolute Gasteiger partial charge is 0.0110 e. The van der Waals surface area contributed by atoms with Gasteiger partial charge in [-0.2, -0.15) is 0 Å². The molecule has 0 saturated heterocycles. The molecule has 0 heterocycles. The molecule has 6 nitrogen and oxygen atoms in total. The summed E-state index contributed by atoms with van der Waals surface area (Å²) < 4.78 is 0. The number of nitrogens with zero attached hydrogens (tertiary/aromatic N) is 2. The van der Waals surface area contributed by atoms with E-state index in [9.17, 15) is 0 Å². The maximum atomic E-state index is 7.18. The van der Waals surface area contributed by atoms with E-state index in [1.807, 2.05) is 0 Å². The summed E-state index contributed by atoms with van der Waals surface area (Å²) in [5, 5.41) is 10.5. The van der Waals surface area contributed by atoms with Crippen molar-refractivity contribution in [2.75, 3.05) is 65.4 Å². The van der Waals surface area contributed by atoms with Crippen molar-refractivity contribution in [1.29, 1.82) is 5.41 Å². The summed E-state index contributed by atoms with van der Waals surface area (Å²) in [5.41, 5.74) is 11.1. The molecule has 0 aliphatic carbocycles. The molecule has 0 saturated carbocycles. The highest BCUT2D eigenvalue weighted by atomic mass is 15.2. The van der Waals surface area contributed by atoms with Gasteiger partial charge in [0.1, 0.15) is 0 Å². The van der Waals surface area contributed by atoms with Crippen LogP contribution in [-0.4, -0.2) is 81.5 Å². The predicted molar refractivity (Wildman–Crippen MR) is 87.6 cm³/mol. The maximum Gasteiger partial charge on any atom is 0.0110 e. The molecule has 120 valence electrons. The van der Waals surface area contributed by atoms with Gasteiger partial charge in [0, 0.05) is 58.9 Å². The van der Waals surface area contributed by atoms with Crippen LogP contribution in [0.15, 0.2) is 0 Å². The summed E-state index contributed by atoms with van der Waals surface area (Å²) in [6, 6.07) is 0. The third-order valence-corrected chi connectivity index (χ3v) is 3.23. The normalized spacial score (nSPS) is 11.4. The molecule has 0 rings (SSSR count). The van der Waals surface area contributed by atoms with Gasteiger partial charge >= 0.3 is 0 Å². The van der Waals surface area contributed by atoms with E-state index in [2.05, 4.69) is 22.0 Å². The van der Waals surface area contributed by atoms with Gasteiger partial charge in [-0.3, -0.25) is 0 Å². The molecule has 0 unspecified atom stereocenters. The van der Waals surface area contributed by atoms with Crippen LogP contribution in [0.4, 0.5) is 0 Å². The Morgan fingerprint density at radius 2 is 1.60 bits per heavy atom. The molecule has 0 aliphatic heterocycles. The van der Waals surface area contributed by atoms with E-state index in [0.717, 1.165) is 65.3 Å². The maximum absolute atomic E-state index is 7.18. The van der Waals surface area contributed by atoms with Crippen LogP contribution in [0.1, 0.15) is 19.8 Å². The monoisotopic (exact) mass is 286 g/mol. The van der Waals surface area contributed by atoms with Crippen LogP contribution in [0.5, 0.6) is 0 Å². The van der Waals surface area contributed by atoms with Crippen molar-refractivity contribution in [3.63, 3.8) is 0 Å². The zero-order valence-corrected chi connectivity index (χ0v) is 13.1. The number of hydrogen-bond acceptors (Lipinski definition) is 6. The Bertz CT molecular complexity index is 206. The van der Waals surface area contributed by atoms with Crippen molar-refractivity contribution in [2.45, 2.75) is 19.8 Å². The molecule has 0 aromatic rings. The van der Waals surface area contributed by atoms with Crippen LogP contribution in [0.25, 0.3) is 0 Å².